The maximum Gasteiger partial charge on any atom is 0.295 e. The van der Waals surface area contributed by atoms with Gasteiger partial charge in [-0.05, 0) is 6.07 Å². The van der Waals surface area contributed by atoms with Gasteiger partial charge in [-0.1, -0.05) is 11.6 Å². The Bertz CT molecular complexity index is 370. The highest BCUT2D eigenvalue weighted by Crippen LogP contribution is 2.17. The summed E-state index contributed by atoms with van der Waals surface area (Å²) in [5.41, 5.74) is 0.170. The highest BCUT2D eigenvalue weighted by atomic mass is 35.5. The zero-order valence-electron chi connectivity index (χ0n) is 8.65. The molecule has 82 valence electrons. The SMILES string of the molecule is COc1cc(Cl)cc(C(=O)N(C)OC)n1. The average molecular weight is 231 g/mol. The molecule has 0 N–H and O–H groups in total. The van der Waals surface area contributed by atoms with Crippen molar-refractivity contribution >= 4 is 17.5 Å². The Morgan fingerprint density at radius 1 is 1.47 bits per heavy atom. The average Bonchev–Trinajstić information content (AvgIpc) is 2.26. The molecule has 5 nitrogen and oxygen atoms in total. The van der Waals surface area contributed by atoms with Gasteiger partial charge in [0.05, 0.1) is 14.2 Å². The molecule has 6 heteroatoms. The van der Waals surface area contributed by atoms with Gasteiger partial charge in [-0.25, -0.2) is 10.0 Å². The van der Waals surface area contributed by atoms with E-state index in [0.717, 1.165) is 5.06 Å². The highest BCUT2D eigenvalue weighted by Gasteiger charge is 2.14. The maximum absolute atomic E-state index is 11.6. The summed E-state index contributed by atoms with van der Waals surface area (Å²) in [6.07, 6.45) is 0. The van der Waals surface area contributed by atoms with E-state index < -0.39 is 5.91 Å². The van der Waals surface area contributed by atoms with Crippen molar-refractivity contribution < 1.29 is 14.4 Å². The third-order valence-electron chi connectivity index (χ3n) is 1.75. The predicted octanol–water partition coefficient (Wildman–Crippen LogP) is 1.38. The number of hydroxylamine groups is 2. The van der Waals surface area contributed by atoms with E-state index in [2.05, 4.69) is 4.98 Å². The smallest absolute Gasteiger partial charge is 0.295 e. The molecule has 1 aromatic rings. The summed E-state index contributed by atoms with van der Waals surface area (Å²) in [5, 5.41) is 1.44. The summed E-state index contributed by atoms with van der Waals surface area (Å²) >= 11 is 5.79. The summed E-state index contributed by atoms with van der Waals surface area (Å²) in [6.45, 7) is 0. The lowest BCUT2D eigenvalue weighted by Crippen LogP contribution is -2.26. The van der Waals surface area contributed by atoms with Crippen LogP contribution in [0.5, 0.6) is 5.88 Å². The normalized spacial score (nSPS) is 9.87. The molecule has 1 amide bonds. The Labute approximate surface area is 92.5 Å². The van der Waals surface area contributed by atoms with Gasteiger partial charge >= 0.3 is 0 Å². The summed E-state index contributed by atoms with van der Waals surface area (Å²) in [7, 11) is 4.32. The van der Waals surface area contributed by atoms with Gasteiger partial charge in [0.2, 0.25) is 5.88 Å². The number of methoxy groups -OCH3 is 1. The molecule has 0 aromatic carbocycles. The van der Waals surface area contributed by atoms with E-state index in [1.807, 2.05) is 0 Å². The molecule has 0 fully saturated rings. The second-order valence-corrected chi connectivity index (χ2v) is 3.13. The first-order valence-electron chi connectivity index (χ1n) is 4.12. The van der Waals surface area contributed by atoms with Crippen molar-refractivity contribution in [2.24, 2.45) is 0 Å². The zero-order chi connectivity index (χ0) is 11.4. The summed E-state index contributed by atoms with van der Waals surface area (Å²) in [6, 6.07) is 2.97. The molecule has 0 saturated carbocycles. The number of ether oxygens (including phenoxy) is 1. The minimum atomic E-state index is -0.390. The van der Waals surface area contributed by atoms with Crippen molar-refractivity contribution in [1.82, 2.24) is 10.0 Å². The topological polar surface area (TPSA) is 51.7 Å². The Hall–Kier alpha value is -1.33. The van der Waals surface area contributed by atoms with Crippen LogP contribution in [0.1, 0.15) is 10.5 Å². The number of nitrogens with zero attached hydrogens (tertiary/aromatic N) is 2. The molecule has 0 unspecified atom stereocenters. The van der Waals surface area contributed by atoms with Crippen LogP contribution in [0.3, 0.4) is 0 Å². The fraction of sp³-hybridized carbons (Fsp3) is 0.333. The van der Waals surface area contributed by atoms with Gasteiger partial charge in [0.25, 0.3) is 5.91 Å². The molecular weight excluding hydrogens is 220 g/mol. The maximum atomic E-state index is 11.6. The first-order chi connectivity index (χ1) is 7.08. The second kappa shape index (κ2) is 4.95. The van der Waals surface area contributed by atoms with Crippen LogP contribution >= 0.6 is 11.6 Å². The van der Waals surface area contributed by atoms with E-state index in [4.69, 9.17) is 21.2 Å². The number of carbonyl (C=O) groups is 1. The monoisotopic (exact) mass is 230 g/mol. The number of carbonyl (C=O) groups excluding carboxylic acids is 1. The lowest BCUT2D eigenvalue weighted by atomic mass is 10.3. The van der Waals surface area contributed by atoms with Crippen LogP contribution in [0.15, 0.2) is 12.1 Å². The van der Waals surface area contributed by atoms with Crippen LogP contribution in [0.25, 0.3) is 0 Å². The molecule has 1 heterocycles. The van der Waals surface area contributed by atoms with Crippen molar-refractivity contribution in [3.63, 3.8) is 0 Å². The molecule has 0 spiro atoms. The number of halogens is 1. The quantitative estimate of drug-likeness (QED) is 0.736. The number of rotatable bonds is 3. The lowest BCUT2D eigenvalue weighted by molar-refractivity contribution is -0.0760. The van der Waals surface area contributed by atoms with Crippen molar-refractivity contribution in [1.29, 1.82) is 0 Å². The summed E-state index contributed by atoms with van der Waals surface area (Å²) in [5.74, 6) is -0.103. The Kier molecular flexibility index (Phi) is 3.88. The van der Waals surface area contributed by atoms with Gasteiger partial charge in [-0.3, -0.25) is 9.63 Å². The number of aromatic nitrogens is 1. The van der Waals surface area contributed by atoms with Crippen molar-refractivity contribution in [2.75, 3.05) is 21.3 Å². The van der Waals surface area contributed by atoms with Gasteiger partial charge in [-0.2, -0.15) is 0 Å². The molecular formula is C9H11ClN2O3. The number of hydrogen-bond acceptors (Lipinski definition) is 4. The highest BCUT2D eigenvalue weighted by molar-refractivity contribution is 6.31. The second-order valence-electron chi connectivity index (χ2n) is 2.70. The Morgan fingerprint density at radius 3 is 2.67 bits per heavy atom. The van der Waals surface area contributed by atoms with Crippen LogP contribution in [0.4, 0.5) is 0 Å². The molecule has 1 rings (SSSR count). The van der Waals surface area contributed by atoms with E-state index in [1.54, 1.807) is 0 Å². The third-order valence-corrected chi connectivity index (χ3v) is 1.97. The molecule has 0 aliphatic carbocycles. The van der Waals surface area contributed by atoms with Gasteiger partial charge in [0.15, 0.2) is 0 Å². The molecule has 1 aromatic heterocycles. The molecule has 0 aliphatic heterocycles. The fourth-order valence-corrected chi connectivity index (χ4v) is 1.13. The minimum Gasteiger partial charge on any atom is -0.481 e. The molecule has 0 atom stereocenters. The third kappa shape index (κ3) is 2.81. The largest absolute Gasteiger partial charge is 0.481 e. The van der Waals surface area contributed by atoms with Crippen molar-refractivity contribution in [3.8, 4) is 5.88 Å². The summed E-state index contributed by atoms with van der Waals surface area (Å²) < 4.78 is 4.89. The standard InChI is InChI=1S/C9H11ClN2O3/c1-12(15-3)9(13)7-4-6(10)5-8(11-7)14-2/h4-5H,1-3H3. The van der Waals surface area contributed by atoms with Crippen LogP contribution in [-0.4, -0.2) is 37.2 Å². The van der Waals surface area contributed by atoms with E-state index in [1.165, 1.54) is 33.4 Å². The Balaban J connectivity index is 3.03. The molecule has 0 bridgehead atoms. The van der Waals surface area contributed by atoms with Crippen LogP contribution in [-0.2, 0) is 4.84 Å². The number of pyridine rings is 1. The van der Waals surface area contributed by atoms with E-state index in [9.17, 15) is 4.79 Å². The van der Waals surface area contributed by atoms with E-state index in [-0.39, 0.29) is 11.6 Å². The Morgan fingerprint density at radius 2 is 2.13 bits per heavy atom. The van der Waals surface area contributed by atoms with Gasteiger partial charge < -0.3 is 4.74 Å². The van der Waals surface area contributed by atoms with Gasteiger partial charge in [-0.15, -0.1) is 0 Å². The first-order valence-corrected chi connectivity index (χ1v) is 4.50. The number of hydrogen-bond donors (Lipinski definition) is 0. The molecule has 0 saturated heterocycles. The number of amides is 1. The van der Waals surface area contributed by atoms with Crippen molar-refractivity contribution in [3.05, 3.63) is 22.8 Å². The van der Waals surface area contributed by atoms with Crippen molar-refractivity contribution in [2.45, 2.75) is 0 Å². The first kappa shape index (κ1) is 11.7. The summed E-state index contributed by atoms with van der Waals surface area (Å²) in [4.78, 5) is 20.3. The van der Waals surface area contributed by atoms with Crippen LogP contribution in [0, 0.1) is 0 Å². The van der Waals surface area contributed by atoms with Crippen LogP contribution < -0.4 is 4.74 Å². The molecule has 0 radical (unpaired) electrons. The minimum absolute atomic E-state index is 0.170. The molecule has 0 aliphatic rings. The van der Waals surface area contributed by atoms with Gasteiger partial charge in [0.1, 0.15) is 5.69 Å². The lowest BCUT2D eigenvalue weighted by Gasteiger charge is -2.13. The zero-order valence-corrected chi connectivity index (χ0v) is 9.41. The fourth-order valence-electron chi connectivity index (χ4n) is 0.932. The van der Waals surface area contributed by atoms with Crippen LogP contribution in [0.2, 0.25) is 5.02 Å². The predicted molar refractivity (Wildman–Crippen MR) is 54.9 cm³/mol. The van der Waals surface area contributed by atoms with E-state index in [0.29, 0.717) is 5.02 Å². The van der Waals surface area contributed by atoms with E-state index >= 15 is 0 Å². The van der Waals surface area contributed by atoms with Gasteiger partial charge in [0, 0.05) is 18.1 Å². The molecule has 15 heavy (non-hydrogen) atoms.